The zero-order chi connectivity index (χ0) is 11.7. The maximum Gasteiger partial charge on any atom is 0.227 e. The van der Waals surface area contributed by atoms with Gasteiger partial charge in [0.05, 0.1) is 5.69 Å². The lowest BCUT2D eigenvalue weighted by molar-refractivity contribution is 0.597. The number of aryl methyl sites for hydroxylation is 1. The fourth-order valence-electron chi connectivity index (χ4n) is 1.40. The van der Waals surface area contributed by atoms with Gasteiger partial charge >= 0.3 is 0 Å². The van der Waals surface area contributed by atoms with Crippen LogP contribution in [0.3, 0.4) is 0 Å². The summed E-state index contributed by atoms with van der Waals surface area (Å²) in [5.74, 6) is 0.622. The van der Waals surface area contributed by atoms with E-state index in [1.807, 2.05) is 25.8 Å². The molecule has 16 heavy (non-hydrogen) atoms. The molecule has 0 saturated carbocycles. The van der Waals surface area contributed by atoms with Crippen LogP contribution in [-0.4, -0.2) is 34.6 Å². The molecule has 2 heterocycles. The Morgan fingerprint density at radius 3 is 2.94 bits per heavy atom. The molecule has 0 amide bonds. The van der Waals surface area contributed by atoms with Crippen molar-refractivity contribution >= 4 is 17.2 Å². The minimum atomic E-state index is 0.184. The Morgan fingerprint density at radius 1 is 1.50 bits per heavy atom. The van der Waals surface area contributed by atoms with Gasteiger partial charge in [0.25, 0.3) is 0 Å². The Morgan fingerprint density at radius 2 is 2.25 bits per heavy atom. The molecule has 6 nitrogen and oxygen atoms in total. The summed E-state index contributed by atoms with van der Waals surface area (Å²) in [5, 5.41) is 0. The van der Waals surface area contributed by atoms with E-state index in [0.29, 0.717) is 23.7 Å². The van der Waals surface area contributed by atoms with Crippen molar-refractivity contribution in [2.75, 3.05) is 18.5 Å². The number of rotatable bonds is 3. The van der Waals surface area contributed by atoms with Gasteiger partial charge in [-0.3, -0.25) is 0 Å². The Labute approximate surface area is 93.5 Å². The number of anilines is 1. The lowest BCUT2D eigenvalue weighted by atomic mass is 10.3. The summed E-state index contributed by atoms with van der Waals surface area (Å²) in [6, 6.07) is 0.184. The number of hydrogen-bond donors (Lipinski definition) is 1. The molecule has 86 valence electrons. The Hall–Kier alpha value is -1.69. The summed E-state index contributed by atoms with van der Waals surface area (Å²) in [4.78, 5) is 14.7. The second-order valence-electron chi connectivity index (χ2n) is 3.81. The maximum absolute atomic E-state index is 5.61. The van der Waals surface area contributed by atoms with Crippen molar-refractivity contribution in [2.45, 2.75) is 19.9 Å². The van der Waals surface area contributed by atoms with Crippen LogP contribution in [0.5, 0.6) is 0 Å². The minimum absolute atomic E-state index is 0.184. The van der Waals surface area contributed by atoms with E-state index >= 15 is 0 Å². The molecule has 0 spiro atoms. The fraction of sp³-hybridized carbons (Fsp3) is 0.500. The highest BCUT2D eigenvalue weighted by Crippen LogP contribution is 2.17. The number of hydrogen-bond acceptors (Lipinski definition) is 6. The molecule has 1 atom stereocenters. The molecular weight excluding hydrogens is 206 g/mol. The number of fused-ring (bicyclic) bond motifs is 1. The van der Waals surface area contributed by atoms with Gasteiger partial charge in [0.2, 0.25) is 11.6 Å². The molecule has 0 bridgehead atoms. The first-order valence-electron chi connectivity index (χ1n) is 5.14. The van der Waals surface area contributed by atoms with Gasteiger partial charge in [-0.1, -0.05) is 0 Å². The van der Waals surface area contributed by atoms with Gasteiger partial charge in [0.1, 0.15) is 0 Å². The van der Waals surface area contributed by atoms with Gasteiger partial charge in [0.15, 0.2) is 12.0 Å². The summed E-state index contributed by atoms with van der Waals surface area (Å²) in [6.45, 7) is 4.45. The van der Waals surface area contributed by atoms with E-state index in [0.717, 1.165) is 5.69 Å². The van der Waals surface area contributed by atoms with Gasteiger partial charge in [-0.15, -0.1) is 0 Å². The van der Waals surface area contributed by atoms with Crippen LogP contribution < -0.4 is 10.6 Å². The molecule has 0 aliphatic carbocycles. The highest BCUT2D eigenvalue weighted by Gasteiger charge is 2.14. The molecule has 0 fully saturated rings. The Balaban J connectivity index is 2.45. The van der Waals surface area contributed by atoms with E-state index in [2.05, 4.69) is 15.0 Å². The fourth-order valence-corrected chi connectivity index (χ4v) is 1.40. The lowest BCUT2D eigenvalue weighted by Gasteiger charge is -2.23. The van der Waals surface area contributed by atoms with Gasteiger partial charge in [-0.2, -0.15) is 9.97 Å². The average molecular weight is 221 g/mol. The number of aromatic nitrogens is 3. The summed E-state index contributed by atoms with van der Waals surface area (Å²) in [7, 11) is 1.91. The first kappa shape index (κ1) is 10.8. The first-order chi connectivity index (χ1) is 7.63. The van der Waals surface area contributed by atoms with Gasteiger partial charge in [-0.25, -0.2) is 4.98 Å². The number of oxazole rings is 1. The van der Waals surface area contributed by atoms with Crippen molar-refractivity contribution in [3.8, 4) is 0 Å². The van der Waals surface area contributed by atoms with Gasteiger partial charge in [0, 0.05) is 19.6 Å². The van der Waals surface area contributed by atoms with E-state index in [1.165, 1.54) is 6.39 Å². The third-order valence-corrected chi connectivity index (χ3v) is 2.67. The van der Waals surface area contributed by atoms with Crippen molar-refractivity contribution in [3.63, 3.8) is 0 Å². The van der Waals surface area contributed by atoms with E-state index in [4.69, 9.17) is 10.2 Å². The van der Waals surface area contributed by atoms with Crippen molar-refractivity contribution in [3.05, 3.63) is 12.1 Å². The van der Waals surface area contributed by atoms with Crippen LogP contribution in [-0.2, 0) is 0 Å². The topological polar surface area (TPSA) is 81.1 Å². The molecule has 2 rings (SSSR count). The molecule has 0 aliphatic rings. The van der Waals surface area contributed by atoms with Crippen LogP contribution in [0.15, 0.2) is 10.8 Å². The monoisotopic (exact) mass is 221 g/mol. The highest BCUT2D eigenvalue weighted by atomic mass is 16.3. The number of likely N-dealkylation sites (N-methyl/N-ethyl adjacent to an activating group) is 1. The Bertz CT molecular complexity index is 495. The SMILES string of the molecule is Cc1nc(N(C)C(C)CN)nc2ncoc12. The maximum atomic E-state index is 5.61. The highest BCUT2D eigenvalue weighted by molar-refractivity contribution is 5.71. The molecule has 1 unspecified atom stereocenters. The second kappa shape index (κ2) is 4.05. The summed E-state index contributed by atoms with van der Waals surface area (Å²) in [5.41, 5.74) is 7.61. The van der Waals surface area contributed by atoms with E-state index in [1.54, 1.807) is 0 Å². The molecule has 0 aromatic carbocycles. The quantitative estimate of drug-likeness (QED) is 0.822. The summed E-state index contributed by atoms with van der Waals surface area (Å²) >= 11 is 0. The van der Waals surface area contributed by atoms with E-state index < -0.39 is 0 Å². The van der Waals surface area contributed by atoms with E-state index in [9.17, 15) is 0 Å². The van der Waals surface area contributed by atoms with Crippen LogP contribution in [0.25, 0.3) is 11.2 Å². The van der Waals surface area contributed by atoms with Crippen LogP contribution in [0.2, 0.25) is 0 Å². The average Bonchev–Trinajstić information content (AvgIpc) is 2.75. The minimum Gasteiger partial charge on any atom is -0.440 e. The standard InChI is InChI=1S/C10H15N5O/c1-6(4-11)15(3)10-13-7(2)8-9(14-10)12-5-16-8/h5-6H,4,11H2,1-3H3. The van der Waals surface area contributed by atoms with Crippen LogP contribution in [0.4, 0.5) is 5.95 Å². The van der Waals surface area contributed by atoms with Crippen LogP contribution in [0.1, 0.15) is 12.6 Å². The molecule has 2 aromatic rings. The van der Waals surface area contributed by atoms with Crippen molar-refractivity contribution in [2.24, 2.45) is 5.73 Å². The summed E-state index contributed by atoms with van der Waals surface area (Å²) in [6.07, 6.45) is 1.38. The van der Waals surface area contributed by atoms with Crippen molar-refractivity contribution in [1.82, 2.24) is 15.0 Å². The Kier molecular flexibility index (Phi) is 2.74. The van der Waals surface area contributed by atoms with Crippen LogP contribution >= 0.6 is 0 Å². The predicted octanol–water partition coefficient (Wildman–Crippen LogP) is 0.710. The number of nitrogens with two attached hydrogens (primary N) is 1. The molecule has 0 saturated heterocycles. The molecule has 0 aliphatic heterocycles. The van der Waals surface area contributed by atoms with Crippen molar-refractivity contribution in [1.29, 1.82) is 0 Å². The third-order valence-electron chi connectivity index (χ3n) is 2.67. The van der Waals surface area contributed by atoms with Gasteiger partial charge in [-0.05, 0) is 13.8 Å². The lowest BCUT2D eigenvalue weighted by Crippen LogP contribution is -2.36. The largest absolute Gasteiger partial charge is 0.440 e. The normalized spacial score (nSPS) is 13.0. The first-order valence-corrected chi connectivity index (χ1v) is 5.14. The van der Waals surface area contributed by atoms with Crippen molar-refractivity contribution < 1.29 is 4.42 Å². The molecule has 2 aromatic heterocycles. The van der Waals surface area contributed by atoms with E-state index in [-0.39, 0.29) is 6.04 Å². The van der Waals surface area contributed by atoms with Gasteiger partial charge < -0.3 is 15.1 Å². The molecule has 0 radical (unpaired) electrons. The smallest absolute Gasteiger partial charge is 0.227 e. The zero-order valence-corrected chi connectivity index (χ0v) is 9.64. The predicted molar refractivity (Wildman–Crippen MR) is 61.3 cm³/mol. The molecule has 2 N–H and O–H groups in total. The van der Waals surface area contributed by atoms with Crippen LogP contribution in [0, 0.1) is 6.92 Å². The molecule has 6 heteroatoms. The third kappa shape index (κ3) is 1.71. The second-order valence-corrected chi connectivity index (χ2v) is 3.81. The number of nitrogens with zero attached hydrogens (tertiary/aromatic N) is 4. The summed E-state index contributed by atoms with van der Waals surface area (Å²) < 4.78 is 5.19. The zero-order valence-electron chi connectivity index (χ0n) is 9.64. The molecular formula is C10H15N5O.